The van der Waals surface area contributed by atoms with Gasteiger partial charge in [-0.2, -0.15) is 18.3 Å². The number of aromatic amines is 1. The normalized spacial score (nSPS) is 11.7. The highest BCUT2D eigenvalue weighted by Crippen LogP contribution is 2.36. The number of carbonyl (C=O) groups is 1. The largest absolute Gasteiger partial charge is 0.418 e. The van der Waals surface area contributed by atoms with E-state index in [0.717, 1.165) is 28.1 Å². The molecular formula is C22H19F3N4O. The number of hydrogen-bond donors (Lipinski definition) is 2. The van der Waals surface area contributed by atoms with Gasteiger partial charge < -0.3 is 10.3 Å². The van der Waals surface area contributed by atoms with E-state index in [-0.39, 0.29) is 17.8 Å². The second-order valence-electron chi connectivity index (χ2n) is 7.09. The number of aryl methyl sites for hydroxylation is 2. The van der Waals surface area contributed by atoms with Crippen molar-refractivity contribution in [3.63, 3.8) is 0 Å². The summed E-state index contributed by atoms with van der Waals surface area (Å²) in [6.45, 7) is 1.98. The first-order chi connectivity index (χ1) is 14.3. The average molecular weight is 412 g/mol. The SMILES string of the molecule is Cc1ccc2[nH]cc(CCC(=O)Nc3ccc(-n4cccn4)cc3C(F)(F)F)c2c1. The summed E-state index contributed by atoms with van der Waals surface area (Å²) in [5.41, 5.74) is 2.10. The van der Waals surface area contributed by atoms with E-state index in [9.17, 15) is 18.0 Å². The van der Waals surface area contributed by atoms with Crippen LogP contribution < -0.4 is 5.32 Å². The van der Waals surface area contributed by atoms with Crippen molar-refractivity contribution in [2.75, 3.05) is 5.32 Å². The minimum absolute atomic E-state index is 0.0686. The summed E-state index contributed by atoms with van der Waals surface area (Å²) in [6.07, 6.45) is 0.741. The van der Waals surface area contributed by atoms with E-state index >= 15 is 0 Å². The van der Waals surface area contributed by atoms with Crippen LogP contribution in [0.15, 0.2) is 61.1 Å². The number of carbonyl (C=O) groups excluding carboxylic acids is 1. The van der Waals surface area contributed by atoms with Crippen molar-refractivity contribution >= 4 is 22.5 Å². The minimum atomic E-state index is -4.61. The molecule has 0 bridgehead atoms. The molecule has 0 aliphatic carbocycles. The maximum absolute atomic E-state index is 13.6. The number of benzene rings is 2. The van der Waals surface area contributed by atoms with Crippen LogP contribution in [0.3, 0.4) is 0 Å². The van der Waals surface area contributed by atoms with Crippen LogP contribution in [-0.2, 0) is 17.4 Å². The quantitative estimate of drug-likeness (QED) is 0.470. The molecule has 0 aliphatic rings. The maximum atomic E-state index is 13.6. The molecule has 2 heterocycles. The second-order valence-corrected chi connectivity index (χ2v) is 7.09. The first-order valence-electron chi connectivity index (χ1n) is 9.39. The van der Waals surface area contributed by atoms with Crippen LogP contribution >= 0.6 is 0 Å². The number of amides is 1. The molecule has 8 heteroatoms. The monoisotopic (exact) mass is 412 g/mol. The van der Waals surface area contributed by atoms with Gasteiger partial charge in [0.2, 0.25) is 5.91 Å². The second kappa shape index (κ2) is 7.70. The van der Waals surface area contributed by atoms with E-state index in [2.05, 4.69) is 15.4 Å². The number of nitrogens with zero attached hydrogens (tertiary/aromatic N) is 2. The molecule has 4 rings (SSSR count). The zero-order valence-corrected chi connectivity index (χ0v) is 16.1. The summed E-state index contributed by atoms with van der Waals surface area (Å²) in [4.78, 5) is 15.5. The predicted molar refractivity (Wildman–Crippen MR) is 109 cm³/mol. The van der Waals surface area contributed by atoms with E-state index in [0.29, 0.717) is 6.42 Å². The number of halogens is 3. The maximum Gasteiger partial charge on any atom is 0.418 e. The molecule has 0 spiro atoms. The van der Waals surface area contributed by atoms with Crippen LogP contribution in [-0.4, -0.2) is 20.7 Å². The summed E-state index contributed by atoms with van der Waals surface area (Å²) in [6, 6.07) is 11.3. The van der Waals surface area contributed by atoms with Crippen molar-refractivity contribution in [3.8, 4) is 5.69 Å². The van der Waals surface area contributed by atoms with E-state index < -0.39 is 17.6 Å². The number of nitrogens with one attached hydrogen (secondary N) is 2. The number of anilines is 1. The summed E-state index contributed by atoms with van der Waals surface area (Å²) in [5, 5.41) is 7.38. The Morgan fingerprint density at radius 1 is 1.20 bits per heavy atom. The molecule has 2 aromatic carbocycles. The molecule has 0 aliphatic heterocycles. The van der Waals surface area contributed by atoms with Crippen LogP contribution in [0.1, 0.15) is 23.1 Å². The third-order valence-electron chi connectivity index (χ3n) is 4.90. The van der Waals surface area contributed by atoms with Gasteiger partial charge in [0.05, 0.1) is 16.9 Å². The molecule has 4 aromatic rings. The van der Waals surface area contributed by atoms with Gasteiger partial charge in [-0.15, -0.1) is 0 Å². The Morgan fingerprint density at radius 2 is 2.03 bits per heavy atom. The van der Waals surface area contributed by atoms with Crippen molar-refractivity contribution in [3.05, 3.63) is 77.7 Å². The van der Waals surface area contributed by atoms with Crippen molar-refractivity contribution in [1.82, 2.24) is 14.8 Å². The Morgan fingerprint density at radius 3 is 2.77 bits per heavy atom. The molecule has 2 N–H and O–H groups in total. The van der Waals surface area contributed by atoms with Crippen molar-refractivity contribution in [2.45, 2.75) is 25.9 Å². The van der Waals surface area contributed by atoms with Crippen molar-refractivity contribution in [1.29, 1.82) is 0 Å². The third-order valence-corrected chi connectivity index (χ3v) is 4.90. The predicted octanol–water partition coefficient (Wildman–Crippen LogP) is 5.25. The number of hydrogen-bond acceptors (Lipinski definition) is 2. The Bertz CT molecular complexity index is 1190. The lowest BCUT2D eigenvalue weighted by Gasteiger charge is -2.15. The first kappa shape index (κ1) is 19.8. The van der Waals surface area contributed by atoms with Crippen molar-refractivity contribution in [2.24, 2.45) is 0 Å². The van der Waals surface area contributed by atoms with Gasteiger partial charge in [0, 0.05) is 35.9 Å². The highest BCUT2D eigenvalue weighted by molar-refractivity contribution is 5.92. The molecule has 0 saturated carbocycles. The molecule has 5 nitrogen and oxygen atoms in total. The average Bonchev–Trinajstić information content (AvgIpc) is 3.36. The third kappa shape index (κ3) is 4.07. The topological polar surface area (TPSA) is 62.7 Å². The van der Waals surface area contributed by atoms with Crippen LogP contribution in [0.4, 0.5) is 18.9 Å². The smallest absolute Gasteiger partial charge is 0.361 e. The fraction of sp³-hybridized carbons (Fsp3) is 0.182. The molecule has 0 unspecified atom stereocenters. The fourth-order valence-electron chi connectivity index (χ4n) is 3.40. The lowest BCUT2D eigenvalue weighted by molar-refractivity contribution is -0.137. The van der Waals surface area contributed by atoms with E-state index in [1.54, 1.807) is 12.3 Å². The zero-order valence-electron chi connectivity index (χ0n) is 16.1. The zero-order chi connectivity index (χ0) is 21.3. The lowest BCUT2D eigenvalue weighted by Crippen LogP contribution is -2.17. The summed E-state index contributed by atoms with van der Waals surface area (Å²) in [7, 11) is 0. The van der Waals surface area contributed by atoms with E-state index in [4.69, 9.17) is 0 Å². The molecule has 0 fully saturated rings. The molecule has 2 aromatic heterocycles. The summed E-state index contributed by atoms with van der Waals surface area (Å²) in [5.74, 6) is -0.477. The first-order valence-corrected chi connectivity index (χ1v) is 9.39. The number of fused-ring (bicyclic) bond motifs is 1. The fourth-order valence-corrected chi connectivity index (χ4v) is 3.40. The molecule has 154 valence electrons. The Kier molecular flexibility index (Phi) is 5.07. The lowest BCUT2D eigenvalue weighted by atomic mass is 10.1. The number of aromatic nitrogens is 3. The number of alkyl halides is 3. The van der Waals surface area contributed by atoms with Gasteiger partial charge in [0.15, 0.2) is 0 Å². The van der Waals surface area contributed by atoms with Gasteiger partial charge >= 0.3 is 6.18 Å². The van der Waals surface area contributed by atoms with Gasteiger partial charge in [-0.1, -0.05) is 11.6 Å². The van der Waals surface area contributed by atoms with Gasteiger partial charge in [-0.25, -0.2) is 4.68 Å². The highest BCUT2D eigenvalue weighted by Gasteiger charge is 2.34. The molecule has 0 atom stereocenters. The van der Waals surface area contributed by atoms with E-state index in [1.807, 2.05) is 31.3 Å². The van der Waals surface area contributed by atoms with E-state index in [1.165, 1.54) is 23.0 Å². The van der Waals surface area contributed by atoms with Gasteiger partial charge in [-0.05, 0) is 55.3 Å². The van der Waals surface area contributed by atoms with Gasteiger partial charge in [0.1, 0.15) is 0 Å². The number of rotatable bonds is 5. The van der Waals surface area contributed by atoms with Crippen LogP contribution in [0.25, 0.3) is 16.6 Å². The van der Waals surface area contributed by atoms with Gasteiger partial charge in [-0.3, -0.25) is 4.79 Å². The Balaban J connectivity index is 1.51. The highest BCUT2D eigenvalue weighted by atomic mass is 19.4. The Hall–Kier alpha value is -3.55. The molecule has 0 radical (unpaired) electrons. The van der Waals surface area contributed by atoms with Gasteiger partial charge in [0.25, 0.3) is 0 Å². The summed E-state index contributed by atoms with van der Waals surface area (Å²) >= 11 is 0. The Labute approximate surface area is 170 Å². The van der Waals surface area contributed by atoms with Crippen LogP contribution in [0, 0.1) is 6.92 Å². The van der Waals surface area contributed by atoms with Crippen LogP contribution in [0.5, 0.6) is 0 Å². The molecule has 1 amide bonds. The number of H-pyrrole nitrogens is 1. The molecule has 0 saturated heterocycles. The minimum Gasteiger partial charge on any atom is -0.361 e. The van der Waals surface area contributed by atoms with Crippen molar-refractivity contribution < 1.29 is 18.0 Å². The summed E-state index contributed by atoms with van der Waals surface area (Å²) < 4.78 is 42.0. The standard InChI is InChI=1S/C22H19F3N4O/c1-14-3-6-19-17(11-14)15(13-26-19)4-8-21(30)28-20-7-5-16(29-10-2-9-27-29)12-18(20)22(23,24)25/h2-3,5-7,9-13,26H,4,8H2,1H3,(H,28,30). The van der Waals surface area contributed by atoms with Crippen LogP contribution in [0.2, 0.25) is 0 Å². The molecular weight excluding hydrogens is 393 g/mol. The molecule has 30 heavy (non-hydrogen) atoms.